The molecule has 0 aliphatic carbocycles. The highest BCUT2D eigenvalue weighted by molar-refractivity contribution is 5.74. The van der Waals surface area contributed by atoms with E-state index in [0.29, 0.717) is 31.8 Å². The van der Waals surface area contributed by atoms with Gasteiger partial charge in [0, 0.05) is 39.8 Å². The van der Waals surface area contributed by atoms with E-state index in [1.165, 1.54) is 0 Å². The normalized spacial score (nSPS) is 14.7. The Kier molecular flexibility index (Phi) is 5.41. The number of nitrogens with one attached hydrogen (secondary N) is 1. The largest absolute Gasteiger partial charge is 0.383 e. The van der Waals surface area contributed by atoms with Gasteiger partial charge in [-0.1, -0.05) is 12.1 Å². The van der Waals surface area contributed by atoms with Crippen LogP contribution in [0.1, 0.15) is 5.56 Å². The van der Waals surface area contributed by atoms with Gasteiger partial charge < -0.3 is 19.9 Å². The van der Waals surface area contributed by atoms with Gasteiger partial charge in [-0.2, -0.15) is 5.26 Å². The van der Waals surface area contributed by atoms with Gasteiger partial charge in [-0.3, -0.25) is 0 Å². The number of hydrogen-bond donors (Lipinski definition) is 1. The molecule has 0 atom stereocenters. The number of nitrogens with zero attached hydrogens (tertiary/aromatic N) is 3. The molecule has 0 radical (unpaired) electrons. The molecule has 1 aliphatic rings. The lowest BCUT2D eigenvalue weighted by atomic mass is 10.1. The van der Waals surface area contributed by atoms with Crippen LogP contribution in [0.2, 0.25) is 0 Å². The van der Waals surface area contributed by atoms with E-state index in [9.17, 15) is 4.79 Å². The quantitative estimate of drug-likeness (QED) is 0.840. The van der Waals surface area contributed by atoms with Crippen LogP contribution in [0.25, 0.3) is 0 Å². The fraction of sp³-hybridized carbons (Fsp3) is 0.467. The second kappa shape index (κ2) is 7.50. The monoisotopic (exact) mass is 288 g/mol. The number of urea groups is 1. The number of methoxy groups -OCH3 is 1. The Morgan fingerprint density at radius 1 is 1.33 bits per heavy atom. The zero-order valence-electron chi connectivity index (χ0n) is 12.2. The fourth-order valence-corrected chi connectivity index (χ4v) is 2.37. The lowest BCUT2D eigenvalue weighted by molar-refractivity contribution is 0.177. The van der Waals surface area contributed by atoms with E-state index in [2.05, 4.69) is 16.3 Å². The summed E-state index contributed by atoms with van der Waals surface area (Å²) in [5.74, 6) is 0. The first-order valence-corrected chi connectivity index (χ1v) is 7.02. The van der Waals surface area contributed by atoms with Crippen LogP contribution in [0.15, 0.2) is 24.3 Å². The Bertz CT molecular complexity index is 519. The summed E-state index contributed by atoms with van der Waals surface area (Å²) in [6, 6.07) is 9.72. The van der Waals surface area contributed by atoms with Crippen LogP contribution >= 0.6 is 0 Å². The van der Waals surface area contributed by atoms with Crippen molar-refractivity contribution in [2.45, 2.75) is 0 Å². The van der Waals surface area contributed by atoms with E-state index < -0.39 is 0 Å². The summed E-state index contributed by atoms with van der Waals surface area (Å²) in [6.45, 7) is 3.80. The number of anilines is 1. The van der Waals surface area contributed by atoms with Gasteiger partial charge in [-0.05, 0) is 12.1 Å². The molecular weight excluding hydrogens is 268 g/mol. The third-order valence-corrected chi connectivity index (χ3v) is 3.51. The van der Waals surface area contributed by atoms with Gasteiger partial charge in [-0.25, -0.2) is 4.79 Å². The van der Waals surface area contributed by atoms with Gasteiger partial charge in [0.05, 0.1) is 17.9 Å². The molecule has 112 valence electrons. The molecule has 1 N–H and O–H groups in total. The maximum atomic E-state index is 11.9. The molecule has 2 rings (SSSR count). The third kappa shape index (κ3) is 3.86. The molecule has 1 aromatic rings. The summed E-state index contributed by atoms with van der Waals surface area (Å²) >= 11 is 0. The number of carbonyl (C=O) groups is 1. The molecule has 6 nitrogen and oxygen atoms in total. The number of amides is 2. The van der Waals surface area contributed by atoms with Crippen molar-refractivity contribution >= 4 is 11.7 Å². The Morgan fingerprint density at radius 2 is 2.05 bits per heavy atom. The van der Waals surface area contributed by atoms with Crippen molar-refractivity contribution in [3.63, 3.8) is 0 Å². The predicted octanol–water partition coefficient (Wildman–Crippen LogP) is 1.04. The molecule has 1 aliphatic heterocycles. The molecule has 6 heteroatoms. The second-order valence-corrected chi connectivity index (χ2v) is 4.83. The molecule has 0 saturated carbocycles. The van der Waals surface area contributed by atoms with Gasteiger partial charge in [0.15, 0.2) is 0 Å². The minimum absolute atomic E-state index is 0.0553. The Balaban J connectivity index is 1.88. The Hall–Kier alpha value is -2.26. The molecule has 1 fully saturated rings. The van der Waals surface area contributed by atoms with Gasteiger partial charge in [0.2, 0.25) is 0 Å². The summed E-state index contributed by atoms with van der Waals surface area (Å²) < 4.78 is 4.91. The lowest BCUT2D eigenvalue weighted by Gasteiger charge is -2.36. The minimum atomic E-state index is -0.0553. The first-order chi connectivity index (χ1) is 10.3. The highest BCUT2D eigenvalue weighted by Gasteiger charge is 2.22. The maximum absolute atomic E-state index is 11.9. The predicted molar refractivity (Wildman–Crippen MR) is 80.2 cm³/mol. The number of benzene rings is 1. The Morgan fingerprint density at radius 3 is 2.71 bits per heavy atom. The van der Waals surface area contributed by atoms with E-state index in [-0.39, 0.29) is 6.03 Å². The molecule has 1 saturated heterocycles. The van der Waals surface area contributed by atoms with Gasteiger partial charge in [0.1, 0.15) is 6.07 Å². The van der Waals surface area contributed by atoms with Crippen molar-refractivity contribution in [1.29, 1.82) is 5.26 Å². The lowest BCUT2D eigenvalue weighted by Crippen LogP contribution is -2.52. The average Bonchev–Trinajstić information content (AvgIpc) is 2.55. The number of hydrogen-bond acceptors (Lipinski definition) is 4. The standard InChI is InChI=1S/C15H20N4O2/c1-21-11-6-17-15(20)19-9-7-18(8-10-19)14-5-3-2-4-13(14)12-16/h2-5H,6-11H2,1H3,(H,17,20). The van der Waals surface area contributed by atoms with E-state index >= 15 is 0 Å². The van der Waals surface area contributed by atoms with Crippen LogP contribution in [0.4, 0.5) is 10.5 Å². The van der Waals surface area contributed by atoms with Crippen molar-refractivity contribution in [3.8, 4) is 6.07 Å². The van der Waals surface area contributed by atoms with Gasteiger partial charge >= 0.3 is 6.03 Å². The summed E-state index contributed by atoms with van der Waals surface area (Å²) in [6.07, 6.45) is 0. The zero-order valence-corrected chi connectivity index (χ0v) is 12.2. The van der Waals surface area contributed by atoms with Crippen LogP contribution in [0.5, 0.6) is 0 Å². The molecule has 1 aromatic carbocycles. The average molecular weight is 288 g/mol. The fourth-order valence-electron chi connectivity index (χ4n) is 2.37. The van der Waals surface area contributed by atoms with E-state index in [1.54, 1.807) is 12.0 Å². The topological polar surface area (TPSA) is 68.6 Å². The van der Waals surface area contributed by atoms with Crippen molar-refractivity contribution in [1.82, 2.24) is 10.2 Å². The molecule has 0 unspecified atom stereocenters. The number of nitriles is 1. The highest BCUT2D eigenvalue weighted by atomic mass is 16.5. The van der Waals surface area contributed by atoms with Crippen molar-refractivity contribution in [3.05, 3.63) is 29.8 Å². The number of ether oxygens (including phenoxy) is 1. The van der Waals surface area contributed by atoms with Crippen molar-refractivity contribution in [2.24, 2.45) is 0 Å². The van der Waals surface area contributed by atoms with Crippen LogP contribution < -0.4 is 10.2 Å². The first-order valence-electron chi connectivity index (χ1n) is 7.02. The van der Waals surface area contributed by atoms with Crippen LogP contribution in [-0.2, 0) is 4.74 Å². The number of para-hydroxylation sites is 1. The highest BCUT2D eigenvalue weighted by Crippen LogP contribution is 2.20. The Labute approximate surface area is 124 Å². The zero-order chi connectivity index (χ0) is 15.1. The number of carbonyl (C=O) groups excluding carboxylic acids is 1. The van der Waals surface area contributed by atoms with Gasteiger partial charge in [0.25, 0.3) is 0 Å². The SMILES string of the molecule is COCCNC(=O)N1CCN(c2ccccc2C#N)CC1. The molecule has 0 aromatic heterocycles. The van der Waals surface area contributed by atoms with Crippen molar-refractivity contribution in [2.75, 3.05) is 51.3 Å². The summed E-state index contributed by atoms with van der Waals surface area (Å²) in [5, 5.41) is 12.0. The van der Waals surface area contributed by atoms with E-state index in [0.717, 1.165) is 18.8 Å². The van der Waals surface area contributed by atoms with Crippen LogP contribution in [0, 0.1) is 11.3 Å². The molecule has 21 heavy (non-hydrogen) atoms. The number of rotatable bonds is 4. The van der Waals surface area contributed by atoms with Crippen molar-refractivity contribution < 1.29 is 9.53 Å². The third-order valence-electron chi connectivity index (χ3n) is 3.51. The molecule has 0 bridgehead atoms. The summed E-state index contributed by atoms with van der Waals surface area (Å²) in [5.41, 5.74) is 1.62. The summed E-state index contributed by atoms with van der Waals surface area (Å²) in [7, 11) is 1.61. The van der Waals surface area contributed by atoms with Crippen LogP contribution in [-0.4, -0.2) is 57.4 Å². The van der Waals surface area contributed by atoms with E-state index in [4.69, 9.17) is 10.00 Å². The maximum Gasteiger partial charge on any atom is 0.317 e. The minimum Gasteiger partial charge on any atom is -0.383 e. The molecule has 1 heterocycles. The molecule has 2 amide bonds. The molecular formula is C15H20N4O2. The van der Waals surface area contributed by atoms with Crippen LogP contribution in [0.3, 0.4) is 0 Å². The second-order valence-electron chi connectivity index (χ2n) is 4.83. The number of piperazine rings is 1. The smallest absolute Gasteiger partial charge is 0.317 e. The first kappa shape index (κ1) is 15.1. The van der Waals surface area contributed by atoms with E-state index in [1.807, 2.05) is 24.3 Å². The summed E-state index contributed by atoms with van der Waals surface area (Å²) in [4.78, 5) is 15.9. The molecule has 0 spiro atoms. The van der Waals surface area contributed by atoms with Gasteiger partial charge in [-0.15, -0.1) is 0 Å².